The van der Waals surface area contributed by atoms with Crippen molar-refractivity contribution in [3.63, 3.8) is 0 Å². The van der Waals surface area contributed by atoms with Crippen LogP contribution in [-0.2, 0) is 0 Å². The molecule has 0 aliphatic heterocycles. The highest BCUT2D eigenvalue weighted by molar-refractivity contribution is 5.86. The van der Waals surface area contributed by atoms with Crippen molar-refractivity contribution in [2.24, 2.45) is 0 Å². The van der Waals surface area contributed by atoms with Gasteiger partial charge in [-0.1, -0.05) is 36.4 Å². The molecule has 0 spiro atoms. The number of furan rings is 1. The van der Waals surface area contributed by atoms with E-state index in [1.807, 2.05) is 19.1 Å². The molecule has 0 atom stereocenters. The predicted octanol–water partition coefficient (Wildman–Crippen LogP) is 4.41. The van der Waals surface area contributed by atoms with Crippen LogP contribution in [0.1, 0.15) is 5.76 Å². The fraction of sp³-hybridized carbons (Fsp3) is 0.0667. The van der Waals surface area contributed by atoms with Crippen LogP contribution in [0.15, 0.2) is 59.0 Å². The van der Waals surface area contributed by atoms with Gasteiger partial charge in [0, 0.05) is 5.56 Å². The number of hydrogen-bond acceptors (Lipinski definition) is 1. The Morgan fingerprint density at radius 2 is 1.62 bits per heavy atom. The average molecular weight is 208 g/mol. The topological polar surface area (TPSA) is 13.1 Å². The molecule has 0 unspecified atom stereocenters. The summed E-state index contributed by atoms with van der Waals surface area (Å²) in [5, 5.41) is 2.50. The van der Waals surface area contributed by atoms with Gasteiger partial charge in [-0.3, -0.25) is 0 Å². The second-order valence-corrected chi connectivity index (χ2v) is 3.97. The van der Waals surface area contributed by atoms with Crippen LogP contribution < -0.4 is 0 Å². The molecule has 1 heteroatoms. The van der Waals surface area contributed by atoms with Crippen LogP contribution in [-0.4, -0.2) is 0 Å². The second-order valence-electron chi connectivity index (χ2n) is 3.97. The maximum absolute atomic E-state index is 5.62. The van der Waals surface area contributed by atoms with Gasteiger partial charge in [-0.15, -0.1) is 0 Å². The molecular formula is C15H12O. The van der Waals surface area contributed by atoms with Crippen molar-refractivity contribution in [3.05, 3.63) is 60.4 Å². The molecule has 0 radical (unpaired) electrons. The van der Waals surface area contributed by atoms with Crippen LogP contribution in [0.25, 0.3) is 22.1 Å². The minimum absolute atomic E-state index is 0.934. The third-order valence-electron chi connectivity index (χ3n) is 2.77. The van der Waals surface area contributed by atoms with Gasteiger partial charge in [0.1, 0.15) is 11.5 Å². The quantitative estimate of drug-likeness (QED) is 0.577. The third kappa shape index (κ3) is 1.50. The van der Waals surface area contributed by atoms with E-state index in [0.29, 0.717) is 0 Å². The van der Waals surface area contributed by atoms with Crippen molar-refractivity contribution in [1.82, 2.24) is 0 Å². The molecule has 0 saturated carbocycles. The Labute approximate surface area is 94.3 Å². The van der Waals surface area contributed by atoms with E-state index in [1.54, 1.807) is 0 Å². The van der Waals surface area contributed by atoms with E-state index in [2.05, 4.69) is 42.5 Å². The summed E-state index contributed by atoms with van der Waals surface area (Å²) < 4.78 is 5.62. The molecule has 3 aromatic rings. The first-order chi connectivity index (χ1) is 7.83. The van der Waals surface area contributed by atoms with Crippen LogP contribution >= 0.6 is 0 Å². The van der Waals surface area contributed by atoms with Crippen molar-refractivity contribution in [2.45, 2.75) is 6.92 Å². The summed E-state index contributed by atoms with van der Waals surface area (Å²) in [5.41, 5.74) is 1.13. The number of aryl methyl sites for hydroxylation is 1. The molecule has 2 aromatic carbocycles. The van der Waals surface area contributed by atoms with E-state index in [9.17, 15) is 0 Å². The van der Waals surface area contributed by atoms with Gasteiger partial charge in [-0.05, 0) is 35.9 Å². The van der Waals surface area contributed by atoms with Gasteiger partial charge in [-0.25, -0.2) is 0 Å². The molecule has 0 bridgehead atoms. The lowest BCUT2D eigenvalue weighted by atomic mass is 10.1. The van der Waals surface area contributed by atoms with Gasteiger partial charge < -0.3 is 4.42 Å². The molecule has 78 valence electrons. The summed E-state index contributed by atoms with van der Waals surface area (Å²) >= 11 is 0. The summed E-state index contributed by atoms with van der Waals surface area (Å²) in [5.74, 6) is 1.88. The SMILES string of the molecule is Cc1ccc(-c2ccc3ccccc3c2)o1. The molecule has 3 rings (SSSR count). The third-order valence-corrected chi connectivity index (χ3v) is 2.77. The van der Waals surface area contributed by atoms with E-state index in [4.69, 9.17) is 4.42 Å². The largest absolute Gasteiger partial charge is 0.461 e. The standard InChI is InChI=1S/C15H12O/c1-11-6-9-15(16-11)14-8-7-12-4-2-3-5-13(12)10-14/h2-10H,1H3. The van der Waals surface area contributed by atoms with Crippen LogP contribution in [0, 0.1) is 6.92 Å². The molecule has 0 aliphatic carbocycles. The fourth-order valence-electron chi connectivity index (χ4n) is 1.93. The first-order valence-electron chi connectivity index (χ1n) is 5.38. The van der Waals surface area contributed by atoms with Crippen molar-refractivity contribution >= 4 is 10.8 Å². The minimum atomic E-state index is 0.934. The van der Waals surface area contributed by atoms with E-state index >= 15 is 0 Å². The molecule has 0 fully saturated rings. The highest BCUT2D eigenvalue weighted by Crippen LogP contribution is 2.25. The predicted molar refractivity (Wildman–Crippen MR) is 66.4 cm³/mol. The Morgan fingerprint density at radius 1 is 0.812 bits per heavy atom. The van der Waals surface area contributed by atoms with Gasteiger partial charge in [0.15, 0.2) is 0 Å². The Bertz CT molecular complexity index is 634. The number of rotatable bonds is 1. The van der Waals surface area contributed by atoms with Crippen molar-refractivity contribution < 1.29 is 4.42 Å². The van der Waals surface area contributed by atoms with Gasteiger partial charge in [-0.2, -0.15) is 0 Å². The first-order valence-corrected chi connectivity index (χ1v) is 5.38. The normalized spacial score (nSPS) is 10.8. The minimum Gasteiger partial charge on any atom is -0.461 e. The van der Waals surface area contributed by atoms with Crippen LogP contribution in [0.5, 0.6) is 0 Å². The molecule has 1 nitrogen and oxygen atoms in total. The summed E-state index contributed by atoms with van der Waals surface area (Å²) in [4.78, 5) is 0. The van der Waals surface area contributed by atoms with E-state index < -0.39 is 0 Å². The Balaban J connectivity index is 2.18. The van der Waals surface area contributed by atoms with E-state index in [1.165, 1.54) is 10.8 Å². The summed E-state index contributed by atoms with van der Waals surface area (Å²) in [6.45, 7) is 1.96. The summed E-state index contributed by atoms with van der Waals surface area (Å²) in [7, 11) is 0. The zero-order chi connectivity index (χ0) is 11.0. The summed E-state index contributed by atoms with van der Waals surface area (Å²) in [6.07, 6.45) is 0. The first kappa shape index (κ1) is 9.22. The average Bonchev–Trinajstić information content (AvgIpc) is 2.75. The molecular weight excluding hydrogens is 196 g/mol. The number of fused-ring (bicyclic) bond motifs is 1. The molecule has 0 amide bonds. The fourth-order valence-corrected chi connectivity index (χ4v) is 1.93. The zero-order valence-electron chi connectivity index (χ0n) is 9.10. The van der Waals surface area contributed by atoms with Gasteiger partial charge in [0.2, 0.25) is 0 Å². The van der Waals surface area contributed by atoms with Crippen molar-refractivity contribution in [1.29, 1.82) is 0 Å². The maximum atomic E-state index is 5.62. The summed E-state index contributed by atoms with van der Waals surface area (Å²) in [6, 6.07) is 18.7. The van der Waals surface area contributed by atoms with Gasteiger partial charge in [0.25, 0.3) is 0 Å². The number of benzene rings is 2. The Kier molecular flexibility index (Phi) is 2.03. The van der Waals surface area contributed by atoms with Gasteiger partial charge >= 0.3 is 0 Å². The molecule has 1 aromatic heterocycles. The van der Waals surface area contributed by atoms with E-state index in [0.717, 1.165) is 17.1 Å². The monoisotopic (exact) mass is 208 g/mol. The molecule has 1 heterocycles. The van der Waals surface area contributed by atoms with Crippen LogP contribution in [0.3, 0.4) is 0 Å². The lowest BCUT2D eigenvalue weighted by Gasteiger charge is -2.00. The Hall–Kier alpha value is -2.02. The van der Waals surface area contributed by atoms with Gasteiger partial charge in [0.05, 0.1) is 0 Å². The lowest BCUT2D eigenvalue weighted by Crippen LogP contribution is -1.75. The second kappa shape index (κ2) is 3.53. The molecule has 0 N–H and O–H groups in total. The lowest BCUT2D eigenvalue weighted by molar-refractivity contribution is 0.548. The van der Waals surface area contributed by atoms with E-state index in [-0.39, 0.29) is 0 Å². The van der Waals surface area contributed by atoms with Crippen molar-refractivity contribution in [3.8, 4) is 11.3 Å². The van der Waals surface area contributed by atoms with Crippen LogP contribution in [0.4, 0.5) is 0 Å². The number of hydrogen-bond donors (Lipinski definition) is 0. The highest BCUT2D eigenvalue weighted by Gasteiger charge is 2.02. The van der Waals surface area contributed by atoms with Crippen LogP contribution in [0.2, 0.25) is 0 Å². The zero-order valence-corrected chi connectivity index (χ0v) is 9.10. The highest BCUT2D eigenvalue weighted by atomic mass is 16.3. The maximum Gasteiger partial charge on any atom is 0.134 e. The Morgan fingerprint density at radius 3 is 2.38 bits per heavy atom. The molecule has 0 aliphatic rings. The smallest absolute Gasteiger partial charge is 0.134 e. The molecule has 0 saturated heterocycles. The molecule has 16 heavy (non-hydrogen) atoms. The van der Waals surface area contributed by atoms with Crippen molar-refractivity contribution in [2.75, 3.05) is 0 Å².